The number of amides is 1. The Bertz CT molecular complexity index is 1120. The Kier molecular flexibility index (Phi) is 5.20. The van der Waals surface area contributed by atoms with E-state index in [1.54, 1.807) is 30.3 Å². The zero-order valence-corrected chi connectivity index (χ0v) is 17.3. The molecule has 1 aliphatic carbocycles. The summed E-state index contributed by atoms with van der Waals surface area (Å²) >= 11 is 0. The van der Waals surface area contributed by atoms with E-state index in [0.717, 1.165) is 30.8 Å². The molecule has 6 heteroatoms. The molecular weight excluding hydrogens is 388 g/mol. The average molecular weight is 412 g/mol. The van der Waals surface area contributed by atoms with Crippen molar-refractivity contribution < 1.29 is 9.59 Å². The van der Waals surface area contributed by atoms with Crippen LogP contribution in [0.25, 0.3) is 0 Å². The minimum Gasteiger partial charge on any atom is -0.352 e. The van der Waals surface area contributed by atoms with Gasteiger partial charge < -0.3 is 9.80 Å². The van der Waals surface area contributed by atoms with Crippen LogP contribution < -0.4 is 4.90 Å². The average Bonchev–Trinajstić information content (AvgIpc) is 3.32. The van der Waals surface area contributed by atoms with E-state index in [-0.39, 0.29) is 11.7 Å². The summed E-state index contributed by atoms with van der Waals surface area (Å²) < 4.78 is 0. The van der Waals surface area contributed by atoms with Gasteiger partial charge in [0.2, 0.25) is 0 Å². The van der Waals surface area contributed by atoms with Crippen LogP contribution in [0.3, 0.4) is 0 Å². The number of carbonyl (C=O) groups excluding carboxylic acids is 2. The number of ketones is 1. The molecule has 1 amide bonds. The first-order valence-electron chi connectivity index (χ1n) is 10.8. The Morgan fingerprint density at radius 3 is 2.26 bits per heavy atom. The first-order chi connectivity index (χ1) is 15.2. The maximum Gasteiger partial charge on any atom is 0.254 e. The van der Waals surface area contributed by atoms with Gasteiger partial charge in [0.1, 0.15) is 0 Å². The summed E-state index contributed by atoms with van der Waals surface area (Å²) in [6.45, 7) is 2.58. The number of benzene rings is 2. The fourth-order valence-corrected chi connectivity index (χ4v) is 4.39. The SMILES string of the molecule is O=C(c1ccccc1)c1ccccc1C(=O)N1CCN(c2cc3c(nn2)CCC3)CC1. The number of anilines is 1. The zero-order valence-electron chi connectivity index (χ0n) is 17.3. The fourth-order valence-electron chi connectivity index (χ4n) is 4.39. The van der Waals surface area contributed by atoms with E-state index < -0.39 is 0 Å². The second-order valence-electron chi connectivity index (χ2n) is 8.05. The Hall–Kier alpha value is -3.54. The Balaban J connectivity index is 1.31. The summed E-state index contributed by atoms with van der Waals surface area (Å²) in [5.74, 6) is 0.670. The van der Waals surface area contributed by atoms with Gasteiger partial charge in [0.25, 0.3) is 5.91 Å². The number of rotatable bonds is 4. The van der Waals surface area contributed by atoms with Crippen molar-refractivity contribution in [1.82, 2.24) is 15.1 Å². The van der Waals surface area contributed by atoms with Crippen LogP contribution in [-0.4, -0.2) is 53.0 Å². The molecule has 0 N–H and O–H groups in total. The van der Waals surface area contributed by atoms with Crippen LogP contribution in [0, 0.1) is 0 Å². The molecule has 5 rings (SSSR count). The highest BCUT2D eigenvalue weighted by molar-refractivity contribution is 6.15. The number of hydrogen-bond acceptors (Lipinski definition) is 5. The number of nitrogens with zero attached hydrogens (tertiary/aromatic N) is 4. The molecule has 6 nitrogen and oxygen atoms in total. The van der Waals surface area contributed by atoms with Gasteiger partial charge in [-0.05, 0) is 37.0 Å². The largest absolute Gasteiger partial charge is 0.352 e. The lowest BCUT2D eigenvalue weighted by molar-refractivity contribution is 0.0742. The van der Waals surface area contributed by atoms with Gasteiger partial charge >= 0.3 is 0 Å². The van der Waals surface area contributed by atoms with Crippen LogP contribution in [0.1, 0.15) is 44.0 Å². The molecule has 0 saturated carbocycles. The maximum absolute atomic E-state index is 13.3. The van der Waals surface area contributed by atoms with E-state index in [4.69, 9.17) is 0 Å². The van der Waals surface area contributed by atoms with Gasteiger partial charge in [0.15, 0.2) is 11.6 Å². The molecule has 0 atom stereocenters. The second kappa shape index (κ2) is 8.30. The molecule has 0 radical (unpaired) electrons. The number of piperazine rings is 1. The Morgan fingerprint density at radius 2 is 1.48 bits per heavy atom. The van der Waals surface area contributed by atoms with Crippen molar-refractivity contribution in [3.05, 3.63) is 88.6 Å². The summed E-state index contributed by atoms with van der Waals surface area (Å²) in [5.41, 5.74) is 3.92. The molecular formula is C25H24N4O2. The van der Waals surface area contributed by atoms with Crippen molar-refractivity contribution >= 4 is 17.5 Å². The highest BCUT2D eigenvalue weighted by Crippen LogP contribution is 2.24. The fraction of sp³-hybridized carbons (Fsp3) is 0.280. The van der Waals surface area contributed by atoms with E-state index in [9.17, 15) is 9.59 Å². The minimum absolute atomic E-state index is 0.0976. The standard InChI is InChI=1S/C25H24N4O2/c30-24(18-7-2-1-3-8-18)20-10-4-5-11-21(20)25(31)29-15-13-28(14-16-29)23-17-19-9-6-12-22(19)26-27-23/h1-5,7-8,10-11,17H,6,9,12-16H2. The van der Waals surface area contributed by atoms with E-state index >= 15 is 0 Å². The summed E-state index contributed by atoms with van der Waals surface area (Å²) in [6.07, 6.45) is 3.24. The molecule has 1 saturated heterocycles. The predicted molar refractivity (Wildman–Crippen MR) is 118 cm³/mol. The molecule has 1 fully saturated rings. The third-order valence-electron chi connectivity index (χ3n) is 6.14. The van der Waals surface area contributed by atoms with Crippen molar-refractivity contribution in [1.29, 1.82) is 0 Å². The lowest BCUT2D eigenvalue weighted by atomic mass is 9.97. The Morgan fingerprint density at radius 1 is 0.774 bits per heavy atom. The van der Waals surface area contributed by atoms with Gasteiger partial charge in [-0.2, -0.15) is 5.10 Å². The Labute approximate surface area is 181 Å². The van der Waals surface area contributed by atoms with Gasteiger partial charge in [-0.1, -0.05) is 48.5 Å². The zero-order chi connectivity index (χ0) is 21.2. The molecule has 0 spiro atoms. The van der Waals surface area contributed by atoms with Crippen LogP contribution in [0.2, 0.25) is 0 Å². The highest BCUT2D eigenvalue weighted by atomic mass is 16.2. The van der Waals surface area contributed by atoms with E-state index in [2.05, 4.69) is 21.2 Å². The van der Waals surface area contributed by atoms with E-state index in [0.29, 0.717) is 42.9 Å². The molecule has 2 aliphatic rings. The van der Waals surface area contributed by atoms with E-state index in [1.807, 2.05) is 29.2 Å². The number of hydrogen-bond donors (Lipinski definition) is 0. The molecule has 3 aromatic rings. The third kappa shape index (κ3) is 3.81. The first-order valence-corrected chi connectivity index (χ1v) is 10.8. The number of fused-ring (bicyclic) bond motifs is 1. The van der Waals surface area contributed by atoms with Crippen molar-refractivity contribution in [2.75, 3.05) is 31.1 Å². The van der Waals surface area contributed by atoms with Gasteiger partial charge in [0, 0.05) is 37.3 Å². The van der Waals surface area contributed by atoms with Gasteiger partial charge in [-0.15, -0.1) is 5.10 Å². The van der Waals surface area contributed by atoms with Gasteiger partial charge in [-0.25, -0.2) is 0 Å². The topological polar surface area (TPSA) is 66.4 Å². The minimum atomic E-state index is -0.128. The molecule has 2 aromatic carbocycles. The molecule has 0 bridgehead atoms. The smallest absolute Gasteiger partial charge is 0.254 e. The van der Waals surface area contributed by atoms with Crippen LogP contribution in [0.4, 0.5) is 5.82 Å². The van der Waals surface area contributed by atoms with Crippen LogP contribution in [-0.2, 0) is 12.8 Å². The van der Waals surface area contributed by atoms with Crippen LogP contribution >= 0.6 is 0 Å². The lowest BCUT2D eigenvalue weighted by Crippen LogP contribution is -2.49. The summed E-state index contributed by atoms with van der Waals surface area (Å²) in [4.78, 5) is 30.3. The third-order valence-corrected chi connectivity index (χ3v) is 6.14. The highest BCUT2D eigenvalue weighted by Gasteiger charge is 2.27. The van der Waals surface area contributed by atoms with Crippen molar-refractivity contribution in [3.63, 3.8) is 0 Å². The number of aryl methyl sites for hydroxylation is 2. The van der Waals surface area contributed by atoms with E-state index in [1.165, 1.54) is 5.56 Å². The van der Waals surface area contributed by atoms with Gasteiger partial charge in [0.05, 0.1) is 11.3 Å². The lowest BCUT2D eigenvalue weighted by Gasteiger charge is -2.35. The molecule has 1 aromatic heterocycles. The number of carbonyl (C=O) groups is 2. The predicted octanol–water partition coefficient (Wildman–Crippen LogP) is 3.16. The normalized spacial score (nSPS) is 15.6. The monoisotopic (exact) mass is 412 g/mol. The van der Waals surface area contributed by atoms with Crippen molar-refractivity contribution in [3.8, 4) is 0 Å². The molecule has 2 heterocycles. The van der Waals surface area contributed by atoms with Crippen LogP contribution in [0.15, 0.2) is 60.7 Å². The summed E-state index contributed by atoms with van der Waals surface area (Å²) in [7, 11) is 0. The quantitative estimate of drug-likeness (QED) is 0.616. The molecule has 31 heavy (non-hydrogen) atoms. The molecule has 156 valence electrons. The first kappa shape index (κ1) is 19.4. The maximum atomic E-state index is 13.3. The molecule has 1 aliphatic heterocycles. The van der Waals surface area contributed by atoms with Crippen molar-refractivity contribution in [2.24, 2.45) is 0 Å². The summed E-state index contributed by atoms with van der Waals surface area (Å²) in [6, 6.07) is 18.3. The van der Waals surface area contributed by atoms with Crippen molar-refractivity contribution in [2.45, 2.75) is 19.3 Å². The van der Waals surface area contributed by atoms with Gasteiger partial charge in [-0.3, -0.25) is 9.59 Å². The summed E-state index contributed by atoms with van der Waals surface area (Å²) in [5, 5.41) is 8.79. The van der Waals surface area contributed by atoms with Crippen LogP contribution in [0.5, 0.6) is 0 Å². The number of aromatic nitrogens is 2. The molecule has 0 unspecified atom stereocenters. The second-order valence-corrected chi connectivity index (χ2v) is 8.05.